The van der Waals surface area contributed by atoms with E-state index in [0.29, 0.717) is 0 Å². The van der Waals surface area contributed by atoms with Crippen molar-refractivity contribution in [2.45, 2.75) is 36.1 Å². The maximum absolute atomic E-state index is 6.44. The van der Waals surface area contributed by atoms with Crippen molar-refractivity contribution in [2.75, 3.05) is 5.75 Å². The molecule has 0 spiro atoms. The van der Waals surface area contributed by atoms with Crippen LogP contribution in [-0.2, 0) is 0 Å². The van der Waals surface area contributed by atoms with Crippen molar-refractivity contribution in [1.29, 1.82) is 0 Å². The van der Waals surface area contributed by atoms with Gasteiger partial charge in [0.2, 0.25) is 0 Å². The van der Waals surface area contributed by atoms with Gasteiger partial charge in [-0.1, -0.05) is 48.9 Å². The Morgan fingerprint density at radius 3 is 2.40 bits per heavy atom. The highest BCUT2D eigenvalue weighted by atomic mass is 32.2. The predicted octanol–water partition coefficient (Wildman–Crippen LogP) is 4.75. The van der Waals surface area contributed by atoms with Crippen LogP contribution in [-0.4, -0.2) is 5.75 Å². The van der Waals surface area contributed by atoms with Crippen LogP contribution < -0.4 is 5.73 Å². The third-order valence-electron chi connectivity index (χ3n) is 4.11. The number of rotatable bonds is 5. The molecule has 1 unspecified atom stereocenters. The summed E-state index contributed by atoms with van der Waals surface area (Å²) in [5.74, 6) is 1.69. The Bertz CT molecular complexity index is 548. The molecule has 0 bridgehead atoms. The lowest BCUT2D eigenvalue weighted by atomic mass is 9.77. The summed E-state index contributed by atoms with van der Waals surface area (Å²) in [6, 6.07) is 19.4. The van der Waals surface area contributed by atoms with Crippen molar-refractivity contribution < 1.29 is 0 Å². The van der Waals surface area contributed by atoms with Gasteiger partial charge in [-0.2, -0.15) is 0 Å². The van der Waals surface area contributed by atoms with Gasteiger partial charge in [0.05, 0.1) is 0 Å². The summed E-state index contributed by atoms with van der Waals surface area (Å²) in [6.45, 7) is 0. The quantitative estimate of drug-likeness (QED) is 0.802. The van der Waals surface area contributed by atoms with Crippen LogP contribution in [0.4, 0.5) is 0 Å². The molecule has 2 aromatic carbocycles. The molecule has 0 aromatic heterocycles. The first-order valence-electron chi connectivity index (χ1n) is 7.37. The zero-order chi connectivity index (χ0) is 13.8. The lowest BCUT2D eigenvalue weighted by Gasteiger charge is -2.29. The monoisotopic (exact) mass is 283 g/mol. The standard InChI is InChI=1S/C18H21NS/c19-18(13-20-15-9-2-1-3-10-15)17-12-5-4-11-16(17)14-7-6-8-14/h1-5,9-12,14,18H,6-8,13,19H2. The third kappa shape index (κ3) is 3.08. The predicted molar refractivity (Wildman–Crippen MR) is 87.1 cm³/mol. The molecule has 0 saturated heterocycles. The fourth-order valence-electron chi connectivity index (χ4n) is 2.73. The van der Waals surface area contributed by atoms with Crippen LogP contribution in [0.25, 0.3) is 0 Å². The first-order valence-corrected chi connectivity index (χ1v) is 8.35. The second kappa shape index (κ2) is 6.47. The van der Waals surface area contributed by atoms with Gasteiger partial charge in [-0.05, 0) is 42.0 Å². The van der Waals surface area contributed by atoms with E-state index in [2.05, 4.69) is 54.6 Å². The molecule has 1 nitrogen and oxygen atoms in total. The molecule has 20 heavy (non-hydrogen) atoms. The highest BCUT2D eigenvalue weighted by Crippen LogP contribution is 2.39. The average molecular weight is 283 g/mol. The van der Waals surface area contributed by atoms with Gasteiger partial charge < -0.3 is 5.73 Å². The Morgan fingerprint density at radius 1 is 1.00 bits per heavy atom. The van der Waals surface area contributed by atoms with Crippen molar-refractivity contribution in [3.05, 3.63) is 65.7 Å². The zero-order valence-corrected chi connectivity index (χ0v) is 12.5. The van der Waals surface area contributed by atoms with Gasteiger partial charge in [0.15, 0.2) is 0 Å². The number of hydrogen-bond donors (Lipinski definition) is 1. The number of hydrogen-bond acceptors (Lipinski definition) is 2. The van der Waals surface area contributed by atoms with E-state index in [9.17, 15) is 0 Å². The van der Waals surface area contributed by atoms with E-state index in [1.54, 1.807) is 0 Å². The van der Waals surface area contributed by atoms with Gasteiger partial charge in [-0.15, -0.1) is 11.8 Å². The highest BCUT2D eigenvalue weighted by Gasteiger charge is 2.23. The van der Waals surface area contributed by atoms with Crippen molar-refractivity contribution in [1.82, 2.24) is 0 Å². The van der Waals surface area contributed by atoms with Gasteiger partial charge in [-0.3, -0.25) is 0 Å². The largest absolute Gasteiger partial charge is 0.323 e. The number of benzene rings is 2. The summed E-state index contributed by atoms with van der Waals surface area (Å²) in [4.78, 5) is 1.30. The SMILES string of the molecule is NC(CSc1ccccc1)c1ccccc1C1CCC1. The molecule has 0 radical (unpaired) electrons. The fraction of sp³-hybridized carbons (Fsp3) is 0.333. The van der Waals surface area contributed by atoms with Crippen LogP contribution >= 0.6 is 11.8 Å². The van der Waals surface area contributed by atoms with Crippen molar-refractivity contribution >= 4 is 11.8 Å². The molecule has 2 heteroatoms. The van der Waals surface area contributed by atoms with E-state index in [1.165, 1.54) is 35.3 Å². The zero-order valence-electron chi connectivity index (χ0n) is 11.7. The molecule has 104 valence electrons. The first-order chi connectivity index (χ1) is 9.84. The molecule has 1 aliphatic rings. The molecule has 1 aliphatic carbocycles. The van der Waals surface area contributed by atoms with Crippen LogP contribution in [0.5, 0.6) is 0 Å². The Morgan fingerprint density at radius 2 is 1.70 bits per heavy atom. The van der Waals surface area contributed by atoms with Crippen molar-refractivity contribution in [3.8, 4) is 0 Å². The Balaban J connectivity index is 1.69. The maximum atomic E-state index is 6.44. The molecule has 2 N–H and O–H groups in total. The molecule has 1 fully saturated rings. The molecule has 0 heterocycles. The van der Waals surface area contributed by atoms with E-state index in [4.69, 9.17) is 5.73 Å². The van der Waals surface area contributed by atoms with Crippen LogP contribution in [0.3, 0.4) is 0 Å². The minimum absolute atomic E-state index is 0.122. The van der Waals surface area contributed by atoms with Crippen molar-refractivity contribution in [2.24, 2.45) is 5.73 Å². The van der Waals surface area contributed by atoms with E-state index < -0.39 is 0 Å². The third-order valence-corrected chi connectivity index (χ3v) is 5.24. The second-order valence-electron chi connectivity index (χ2n) is 5.49. The van der Waals surface area contributed by atoms with Gasteiger partial charge in [0, 0.05) is 16.7 Å². The van der Waals surface area contributed by atoms with E-state index in [1.807, 2.05) is 11.8 Å². The van der Waals surface area contributed by atoms with Crippen LogP contribution in [0.1, 0.15) is 42.3 Å². The average Bonchev–Trinajstić information content (AvgIpc) is 2.45. The summed E-state index contributed by atoms with van der Waals surface area (Å²) in [6.07, 6.45) is 4.03. The highest BCUT2D eigenvalue weighted by molar-refractivity contribution is 7.99. The summed E-state index contributed by atoms with van der Waals surface area (Å²) in [5, 5.41) is 0. The Hall–Kier alpha value is -1.25. The molecule has 3 rings (SSSR count). The summed E-state index contributed by atoms with van der Waals surface area (Å²) in [5.41, 5.74) is 9.27. The maximum Gasteiger partial charge on any atom is 0.0393 e. The minimum Gasteiger partial charge on any atom is -0.323 e. The Labute approximate surface area is 125 Å². The fourth-order valence-corrected chi connectivity index (χ4v) is 3.63. The minimum atomic E-state index is 0.122. The number of thioether (sulfide) groups is 1. The summed E-state index contributed by atoms with van der Waals surface area (Å²) in [7, 11) is 0. The molecule has 1 saturated carbocycles. The summed E-state index contributed by atoms with van der Waals surface area (Å²) < 4.78 is 0. The van der Waals surface area contributed by atoms with Gasteiger partial charge in [0.1, 0.15) is 0 Å². The van der Waals surface area contributed by atoms with Crippen molar-refractivity contribution in [3.63, 3.8) is 0 Å². The molecule has 0 aliphatic heterocycles. The summed E-state index contributed by atoms with van der Waals surface area (Å²) >= 11 is 1.84. The second-order valence-corrected chi connectivity index (χ2v) is 6.58. The molecule has 1 atom stereocenters. The van der Waals surface area contributed by atoms with Gasteiger partial charge >= 0.3 is 0 Å². The number of nitrogens with two attached hydrogens (primary N) is 1. The molecular weight excluding hydrogens is 262 g/mol. The Kier molecular flexibility index (Phi) is 4.44. The van der Waals surface area contributed by atoms with Crippen LogP contribution in [0.15, 0.2) is 59.5 Å². The molecule has 0 amide bonds. The van der Waals surface area contributed by atoms with Gasteiger partial charge in [-0.25, -0.2) is 0 Å². The normalized spacial score (nSPS) is 16.6. The van der Waals surface area contributed by atoms with Crippen LogP contribution in [0.2, 0.25) is 0 Å². The van der Waals surface area contributed by atoms with E-state index >= 15 is 0 Å². The lowest BCUT2D eigenvalue weighted by molar-refractivity contribution is 0.416. The molecule has 2 aromatic rings. The molecular formula is C18H21NS. The van der Waals surface area contributed by atoms with E-state index in [0.717, 1.165) is 11.7 Å². The lowest BCUT2D eigenvalue weighted by Crippen LogP contribution is -2.19. The van der Waals surface area contributed by atoms with Crippen LogP contribution in [0, 0.1) is 0 Å². The topological polar surface area (TPSA) is 26.0 Å². The van der Waals surface area contributed by atoms with E-state index in [-0.39, 0.29) is 6.04 Å². The van der Waals surface area contributed by atoms with Gasteiger partial charge in [0.25, 0.3) is 0 Å². The first kappa shape index (κ1) is 13.7. The smallest absolute Gasteiger partial charge is 0.0393 e.